The third-order valence-corrected chi connectivity index (χ3v) is 3.62. The SMILES string of the molecule is COc1ccc(CBr)cc1OCc1cncc(Br)c1. The Balaban J connectivity index is 2.14. The number of halogens is 2. The minimum atomic E-state index is 0.453. The molecule has 1 heterocycles. The summed E-state index contributed by atoms with van der Waals surface area (Å²) in [5.41, 5.74) is 2.14. The van der Waals surface area contributed by atoms with Gasteiger partial charge in [0.05, 0.1) is 7.11 Å². The standard InChI is InChI=1S/C14H13Br2NO2/c1-18-13-3-2-10(6-15)5-14(13)19-9-11-4-12(16)8-17-7-11/h2-5,7-8H,6,9H2,1H3. The second-order valence-corrected chi connectivity index (χ2v) is 5.40. The Bertz CT molecular complexity index is 561. The second-order valence-electron chi connectivity index (χ2n) is 3.92. The van der Waals surface area contributed by atoms with E-state index in [0.717, 1.165) is 32.4 Å². The van der Waals surface area contributed by atoms with E-state index in [-0.39, 0.29) is 0 Å². The van der Waals surface area contributed by atoms with Crippen LogP contribution in [0.2, 0.25) is 0 Å². The molecule has 2 aromatic rings. The predicted molar refractivity (Wildman–Crippen MR) is 81.9 cm³/mol. The Hall–Kier alpha value is -1.07. The van der Waals surface area contributed by atoms with Gasteiger partial charge in [0.15, 0.2) is 11.5 Å². The van der Waals surface area contributed by atoms with Gasteiger partial charge in [0, 0.05) is 27.8 Å². The van der Waals surface area contributed by atoms with Gasteiger partial charge in [-0.15, -0.1) is 0 Å². The first-order valence-corrected chi connectivity index (χ1v) is 7.59. The van der Waals surface area contributed by atoms with Gasteiger partial charge in [-0.1, -0.05) is 22.0 Å². The van der Waals surface area contributed by atoms with Crippen LogP contribution in [0.1, 0.15) is 11.1 Å². The highest BCUT2D eigenvalue weighted by Crippen LogP contribution is 2.29. The van der Waals surface area contributed by atoms with Crippen LogP contribution in [-0.4, -0.2) is 12.1 Å². The normalized spacial score (nSPS) is 10.3. The van der Waals surface area contributed by atoms with Gasteiger partial charge in [-0.2, -0.15) is 0 Å². The van der Waals surface area contributed by atoms with Crippen LogP contribution >= 0.6 is 31.9 Å². The number of ether oxygens (including phenoxy) is 2. The summed E-state index contributed by atoms with van der Waals surface area (Å²) in [6, 6.07) is 7.86. The molecule has 0 bridgehead atoms. The molecular formula is C14H13Br2NO2. The van der Waals surface area contributed by atoms with Crippen LogP contribution in [0.3, 0.4) is 0 Å². The summed E-state index contributed by atoms with van der Waals surface area (Å²) in [7, 11) is 1.64. The Morgan fingerprint density at radius 3 is 2.63 bits per heavy atom. The molecule has 0 aliphatic heterocycles. The van der Waals surface area contributed by atoms with Crippen molar-refractivity contribution in [1.29, 1.82) is 0 Å². The molecule has 0 aliphatic rings. The number of pyridine rings is 1. The van der Waals surface area contributed by atoms with Crippen molar-refractivity contribution in [1.82, 2.24) is 4.98 Å². The average Bonchev–Trinajstić information content (AvgIpc) is 2.45. The Morgan fingerprint density at radius 1 is 1.11 bits per heavy atom. The van der Waals surface area contributed by atoms with Gasteiger partial charge < -0.3 is 9.47 Å². The lowest BCUT2D eigenvalue weighted by Crippen LogP contribution is -1.99. The third kappa shape index (κ3) is 3.94. The second kappa shape index (κ2) is 6.91. The van der Waals surface area contributed by atoms with Crippen molar-refractivity contribution in [2.75, 3.05) is 7.11 Å². The molecule has 5 heteroatoms. The van der Waals surface area contributed by atoms with E-state index < -0.39 is 0 Å². The highest BCUT2D eigenvalue weighted by Gasteiger charge is 2.06. The van der Waals surface area contributed by atoms with Gasteiger partial charge in [0.1, 0.15) is 6.61 Å². The molecule has 0 spiro atoms. The fourth-order valence-corrected chi connectivity index (χ4v) is 2.37. The van der Waals surface area contributed by atoms with E-state index in [1.165, 1.54) is 0 Å². The molecule has 0 atom stereocenters. The zero-order valence-corrected chi connectivity index (χ0v) is 13.6. The Morgan fingerprint density at radius 2 is 1.95 bits per heavy atom. The summed E-state index contributed by atoms with van der Waals surface area (Å²) in [6.07, 6.45) is 3.53. The Kier molecular flexibility index (Phi) is 5.22. The molecular weight excluding hydrogens is 374 g/mol. The molecule has 0 radical (unpaired) electrons. The summed E-state index contributed by atoms with van der Waals surface area (Å²) in [4.78, 5) is 4.11. The van der Waals surface area contributed by atoms with Gasteiger partial charge in [-0.25, -0.2) is 0 Å². The van der Waals surface area contributed by atoms with E-state index in [0.29, 0.717) is 6.61 Å². The van der Waals surface area contributed by atoms with Crippen molar-refractivity contribution in [2.45, 2.75) is 11.9 Å². The van der Waals surface area contributed by atoms with Gasteiger partial charge in [0.25, 0.3) is 0 Å². The van der Waals surface area contributed by atoms with E-state index >= 15 is 0 Å². The lowest BCUT2D eigenvalue weighted by atomic mass is 10.2. The van der Waals surface area contributed by atoms with Crippen LogP contribution in [0.4, 0.5) is 0 Å². The number of alkyl halides is 1. The number of nitrogens with zero attached hydrogens (tertiary/aromatic N) is 1. The number of benzene rings is 1. The zero-order chi connectivity index (χ0) is 13.7. The largest absolute Gasteiger partial charge is 0.493 e. The van der Waals surface area contributed by atoms with Crippen LogP contribution in [0, 0.1) is 0 Å². The lowest BCUT2D eigenvalue weighted by molar-refractivity contribution is 0.284. The maximum Gasteiger partial charge on any atom is 0.161 e. The summed E-state index contributed by atoms with van der Waals surface area (Å²) in [6.45, 7) is 0.453. The molecule has 3 nitrogen and oxygen atoms in total. The van der Waals surface area contributed by atoms with E-state index in [1.54, 1.807) is 19.5 Å². The number of hydrogen-bond donors (Lipinski definition) is 0. The molecule has 0 N–H and O–H groups in total. The fourth-order valence-electron chi connectivity index (χ4n) is 1.61. The number of aromatic nitrogens is 1. The molecule has 0 unspecified atom stereocenters. The summed E-state index contributed by atoms with van der Waals surface area (Å²) in [5.74, 6) is 1.46. The third-order valence-electron chi connectivity index (χ3n) is 2.54. The summed E-state index contributed by atoms with van der Waals surface area (Å²) >= 11 is 6.82. The first kappa shape index (κ1) is 14.3. The summed E-state index contributed by atoms with van der Waals surface area (Å²) in [5, 5.41) is 0.784. The van der Waals surface area contributed by atoms with Crippen LogP contribution in [-0.2, 0) is 11.9 Å². The molecule has 0 fully saturated rings. The molecule has 0 saturated carbocycles. The van der Waals surface area contributed by atoms with E-state index in [2.05, 4.69) is 36.8 Å². The van der Waals surface area contributed by atoms with Crippen molar-refractivity contribution in [3.05, 3.63) is 52.3 Å². The van der Waals surface area contributed by atoms with E-state index in [1.807, 2.05) is 24.3 Å². The molecule has 19 heavy (non-hydrogen) atoms. The van der Waals surface area contributed by atoms with Crippen molar-refractivity contribution in [3.63, 3.8) is 0 Å². The maximum absolute atomic E-state index is 5.80. The molecule has 0 saturated heterocycles. The smallest absolute Gasteiger partial charge is 0.161 e. The average molecular weight is 387 g/mol. The fraction of sp³-hybridized carbons (Fsp3) is 0.214. The van der Waals surface area contributed by atoms with Gasteiger partial charge in [-0.3, -0.25) is 4.98 Å². The van der Waals surface area contributed by atoms with Crippen LogP contribution < -0.4 is 9.47 Å². The van der Waals surface area contributed by atoms with Gasteiger partial charge in [0.2, 0.25) is 0 Å². The van der Waals surface area contributed by atoms with Crippen molar-refractivity contribution < 1.29 is 9.47 Å². The van der Waals surface area contributed by atoms with Crippen LogP contribution in [0.15, 0.2) is 41.1 Å². The van der Waals surface area contributed by atoms with Gasteiger partial charge >= 0.3 is 0 Å². The highest BCUT2D eigenvalue weighted by atomic mass is 79.9. The molecule has 100 valence electrons. The monoisotopic (exact) mass is 385 g/mol. The number of rotatable bonds is 5. The van der Waals surface area contributed by atoms with Crippen molar-refractivity contribution in [2.24, 2.45) is 0 Å². The predicted octanol–water partition coefficient (Wildman–Crippen LogP) is 4.33. The summed E-state index contributed by atoms with van der Waals surface area (Å²) < 4.78 is 12.0. The Labute approximate surface area is 129 Å². The quantitative estimate of drug-likeness (QED) is 0.716. The van der Waals surface area contributed by atoms with Crippen molar-refractivity contribution in [3.8, 4) is 11.5 Å². The maximum atomic E-state index is 5.80. The minimum absolute atomic E-state index is 0.453. The van der Waals surface area contributed by atoms with E-state index in [4.69, 9.17) is 9.47 Å². The molecule has 1 aromatic carbocycles. The first-order chi connectivity index (χ1) is 9.22. The first-order valence-electron chi connectivity index (χ1n) is 5.68. The highest BCUT2D eigenvalue weighted by molar-refractivity contribution is 9.10. The van der Waals surface area contributed by atoms with Crippen LogP contribution in [0.25, 0.3) is 0 Å². The van der Waals surface area contributed by atoms with Crippen LogP contribution in [0.5, 0.6) is 11.5 Å². The molecule has 0 aliphatic carbocycles. The molecule has 2 rings (SSSR count). The molecule has 1 aromatic heterocycles. The van der Waals surface area contributed by atoms with Crippen molar-refractivity contribution >= 4 is 31.9 Å². The van der Waals surface area contributed by atoms with Gasteiger partial charge in [-0.05, 0) is 39.7 Å². The lowest BCUT2D eigenvalue weighted by Gasteiger charge is -2.11. The topological polar surface area (TPSA) is 31.4 Å². The van der Waals surface area contributed by atoms with E-state index in [9.17, 15) is 0 Å². The number of hydrogen-bond acceptors (Lipinski definition) is 3. The number of methoxy groups -OCH3 is 1. The molecule has 0 amide bonds. The zero-order valence-electron chi connectivity index (χ0n) is 10.4. The minimum Gasteiger partial charge on any atom is -0.493 e.